The monoisotopic (exact) mass is 177 g/mol. The maximum atomic E-state index is 3.43. The molecule has 1 nitrogen and oxygen atoms in total. The van der Waals surface area contributed by atoms with E-state index in [0.717, 1.165) is 19.0 Å². The Morgan fingerprint density at radius 3 is 2.46 bits per heavy atom. The van der Waals surface area contributed by atoms with E-state index < -0.39 is 0 Å². The molecular formula is C12H19N. The smallest absolute Gasteiger partial charge is 0.0205 e. The Bertz CT molecular complexity index is 216. The second kappa shape index (κ2) is 5.76. The lowest BCUT2D eigenvalue weighted by molar-refractivity contribution is 0.537. The van der Waals surface area contributed by atoms with Gasteiger partial charge >= 0.3 is 0 Å². The van der Waals surface area contributed by atoms with Gasteiger partial charge in [0.25, 0.3) is 0 Å². The summed E-state index contributed by atoms with van der Waals surface area (Å²) in [7, 11) is 0. The van der Waals surface area contributed by atoms with Gasteiger partial charge in [-0.05, 0) is 24.4 Å². The van der Waals surface area contributed by atoms with E-state index in [1.54, 1.807) is 0 Å². The molecule has 1 rings (SSSR count). The van der Waals surface area contributed by atoms with Crippen molar-refractivity contribution < 1.29 is 0 Å². The van der Waals surface area contributed by atoms with Gasteiger partial charge in [-0.15, -0.1) is 0 Å². The van der Waals surface area contributed by atoms with Crippen LogP contribution >= 0.6 is 0 Å². The van der Waals surface area contributed by atoms with Gasteiger partial charge < -0.3 is 5.32 Å². The van der Waals surface area contributed by atoms with Crippen LogP contribution in [0.1, 0.15) is 25.8 Å². The lowest BCUT2D eigenvalue weighted by Gasteiger charge is -2.06. The second-order valence-corrected chi connectivity index (χ2v) is 3.84. The third-order valence-electron chi connectivity index (χ3n) is 2.07. The highest BCUT2D eigenvalue weighted by Gasteiger charge is 1.93. The van der Waals surface area contributed by atoms with E-state index in [1.165, 1.54) is 12.0 Å². The summed E-state index contributed by atoms with van der Waals surface area (Å²) >= 11 is 0. The number of hydrogen-bond donors (Lipinski definition) is 1. The van der Waals surface area contributed by atoms with Gasteiger partial charge in [0.2, 0.25) is 0 Å². The molecule has 0 saturated carbocycles. The van der Waals surface area contributed by atoms with Gasteiger partial charge in [0.1, 0.15) is 0 Å². The molecule has 0 aliphatic rings. The quantitative estimate of drug-likeness (QED) is 0.682. The maximum Gasteiger partial charge on any atom is 0.0205 e. The van der Waals surface area contributed by atoms with Crippen molar-refractivity contribution in [3.8, 4) is 0 Å². The molecule has 0 atom stereocenters. The average Bonchev–Trinajstić information content (AvgIpc) is 2.14. The van der Waals surface area contributed by atoms with Crippen LogP contribution in [-0.2, 0) is 6.54 Å². The van der Waals surface area contributed by atoms with Crippen LogP contribution in [0.5, 0.6) is 0 Å². The summed E-state index contributed by atoms with van der Waals surface area (Å²) < 4.78 is 0. The summed E-state index contributed by atoms with van der Waals surface area (Å²) in [5.74, 6) is 0.795. The Morgan fingerprint density at radius 1 is 1.15 bits per heavy atom. The van der Waals surface area contributed by atoms with Crippen LogP contribution in [0, 0.1) is 5.92 Å². The number of rotatable bonds is 5. The van der Waals surface area contributed by atoms with Gasteiger partial charge in [0.15, 0.2) is 0 Å². The largest absolute Gasteiger partial charge is 0.313 e. The van der Waals surface area contributed by atoms with Crippen molar-refractivity contribution in [3.05, 3.63) is 35.9 Å². The molecule has 13 heavy (non-hydrogen) atoms. The van der Waals surface area contributed by atoms with E-state index in [4.69, 9.17) is 0 Å². The Balaban J connectivity index is 2.13. The van der Waals surface area contributed by atoms with E-state index in [2.05, 4.69) is 49.5 Å². The zero-order valence-corrected chi connectivity index (χ0v) is 8.59. The predicted octanol–water partition coefficient (Wildman–Crippen LogP) is 2.82. The fraction of sp³-hybridized carbons (Fsp3) is 0.500. The summed E-state index contributed by atoms with van der Waals surface area (Å²) in [6.45, 7) is 6.62. The van der Waals surface area contributed by atoms with E-state index in [9.17, 15) is 0 Å². The number of nitrogens with one attached hydrogen (secondary N) is 1. The molecule has 1 aromatic rings. The highest BCUT2D eigenvalue weighted by molar-refractivity contribution is 5.14. The fourth-order valence-electron chi connectivity index (χ4n) is 1.22. The van der Waals surface area contributed by atoms with Gasteiger partial charge in [-0.2, -0.15) is 0 Å². The van der Waals surface area contributed by atoms with Gasteiger partial charge in [-0.25, -0.2) is 0 Å². The lowest BCUT2D eigenvalue weighted by Crippen LogP contribution is -2.16. The zero-order chi connectivity index (χ0) is 9.52. The van der Waals surface area contributed by atoms with E-state index >= 15 is 0 Å². The minimum Gasteiger partial charge on any atom is -0.313 e. The minimum atomic E-state index is 0.795. The SMILES string of the molecule is CC(C)CCNCc1ccccc1. The molecule has 0 heterocycles. The molecule has 0 aromatic heterocycles. The van der Waals surface area contributed by atoms with E-state index in [0.29, 0.717) is 0 Å². The summed E-state index contributed by atoms with van der Waals surface area (Å²) in [6, 6.07) is 10.5. The molecule has 0 saturated heterocycles. The van der Waals surface area contributed by atoms with Crippen LogP contribution in [0.25, 0.3) is 0 Å². The first-order valence-electron chi connectivity index (χ1n) is 5.03. The normalized spacial score (nSPS) is 10.7. The van der Waals surface area contributed by atoms with Crippen molar-refractivity contribution in [2.45, 2.75) is 26.8 Å². The second-order valence-electron chi connectivity index (χ2n) is 3.84. The Hall–Kier alpha value is -0.820. The third kappa shape index (κ3) is 4.69. The zero-order valence-electron chi connectivity index (χ0n) is 8.59. The summed E-state index contributed by atoms with van der Waals surface area (Å²) in [5, 5.41) is 3.43. The first kappa shape index (κ1) is 10.3. The molecule has 1 heteroatoms. The predicted molar refractivity (Wildman–Crippen MR) is 57.6 cm³/mol. The molecule has 0 bridgehead atoms. The van der Waals surface area contributed by atoms with Crippen molar-refractivity contribution in [2.75, 3.05) is 6.54 Å². The van der Waals surface area contributed by atoms with Crippen molar-refractivity contribution in [2.24, 2.45) is 5.92 Å². The molecule has 0 fully saturated rings. The van der Waals surface area contributed by atoms with Gasteiger partial charge in [-0.1, -0.05) is 44.2 Å². The van der Waals surface area contributed by atoms with Gasteiger partial charge in [0.05, 0.1) is 0 Å². The van der Waals surface area contributed by atoms with Crippen molar-refractivity contribution >= 4 is 0 Å². The van der Waals surface area contributed by atoms with Crippen LogP contribution < -0.4 is 5.32 Å². The topological polar surface area (TPSA) is 12.0 Å². The molecule has 1 N–H and O–H groups in total. The summed E-state index contributed by atoms with van der Waals surface area (Å²) in [4.78, 5) is 0. The maximum absolute atomic E-state index is 3.43. The fourth-order valence-corrected chi connectivity index (χ4v) is 1.22. The van der Waals surface area contributed by atoms with Crippen LogP contribution in [0.2, 0.25) is 0 Å². The highest BCUT2D eigenvalue weighted by Crippen LogP contribution is 1.99. The van der Waals surface area contributed by atoms with E-state index in [-0.39, 0.29) is 0 Å². The standard InChI is InChI=1S/C12H19N/c1-11(2)8-9-13-10-12-6-4-3-5-7-12/h3-7,11,13H,8-10H2,1-2H3. The first-order valence-corrected chi connectivity index (χ1v) is 5.03. The Morgan fingerprint density at radius 2 is 1.85 bits per heavy atom. The van der Waals surface area contributed by atoms with Crippen molar-refractivity contribution in [3.63, 3.8) is 0 Å². The Kier molecular flexibility index (Phi) is 4.55. The highest BCUT2D eigenvalue weighted by atomic mass is 14.8. The molecule has 0 spiro atoms. The molecule has 0 unspecified atom stereocenters. The van der Waals surface area contributed by atoms with Crippen LogP contribution in [0.4, 0.5) is 0 Å². The lowest BCUT2D eigenvalue weighted by atomic mass is 10.1. The Labute approximate surface area is 81.2 Å². The number of hydrogen-bond acceptors (Lipinski definition) is 1. The van der Waals surface area contributed by atoms with Crippen molar-refractivity contribution in [1.29, 1.82) is 0 Å². The molecule has 0 aliphatic heterocycles. The van der Waals surface area contributed by atoms with Crippen molar-refractivity contribution in [1.82, 2.24) is 5.32 Å². The minimum absolute atomic E-state index is 0.795. The van der Waals surface area contributed by atoms with Crippen LogP contribution in [0.3, 0.4) is 0 Å². The van der Waals surface area contributed by atoms with Gasteiger partial charge in [0, 0.05) is 6.54 Å². The molecular weight excluding hydrogens is 158 g/mol. The molecule has 1 aromatic carbocycles. The van der Waals surface area contributed by atoms with Crippen LogP contribution in [0.15, 0.2) is 30.3 Å². The molecule has 72 valence electrons. The van der Waals surface area contributed by atoms with Crippen LogP contribution in [-0.4, -0.2) is 6.54 Å². The first-order chi connectivity index (χ1) is 6.29. The van der Waals surface area contributed by atoms with E-state index in [1.807, 2.05) is 0 Å². The third-order valence-corrected chi connectivity index (χ3v) is 2.07. The number of benzene rings is 1. The molecule has 0 amide bonds. The summed E-state index contributed by atoms with van der Waals surface area (Å²) in [5.41, 5.74) is 1.37. The molecule has 0 radical (unpaired) electrons. The summed E-state index contributed by atoms with van der Waals surface area (Å²) in [6.07, 6.45) is 1.26. The average molecular weight is 177 g/mol. The molecule has 0 aliphatic carbocycles. The van der Waals surface area contributed by atoms with Gasteiger partial charge in [-0.3, -0.25) is 0 Å².